The second-order valence-corrected chi connectivity index (χ2v) is 8.56. The van der Waals surface area contributed by atoms with Crippen molar-refractivity contribution in [1.29, 1.82) is 0 Å². The van der Waals surface area contributed by atoms with Crippen LogP contribution in [0.1, 0.15) is 47.5 Å². The highest BCUT2D eigenvalue weighted by molar-refractivity contribution is 6.62. The minimum absolute atomic E-state index is 0.198. The van der Waals surface area contributed by atoms with Crippen LogP contribution in [0.25, 0.3) is 0 Å². The zero-order valence-corrected chi connectivity index (χ0v) is 14.7. The quantitative estimate of drug-likeness (QED) is 0.656. The molecule has 4 unspecified atom stereocenters. The fraction of sp³-hybridized carbons (Fsp3) is 1.00. The number of hydrogen-bond donors (Lipinski definition) is 3. The predicted octanol–water partition coefficient (Wildman–Crippen LogP) is 1.06. The zero-order valence-electron chi connectivity index (χ0n) is 13.7. The maximum atomic E-state index is 8.70. The molecule has 3 N–H and O–H groups in total. The molecule has 0 radical (unpaired) electrons. The lowest BCUT2D eigenvalue weighted by atomic mass is 10.1. The van der Waals surface area contributed by atoms with Gasteiger partial charge in [0.25, 0.3) is 0 Å². The van der Waals surface area contributed by atoms with E-state index in [0.29, 0.717) is 0 Å². The molecule has 2 saturated heterocycles. The summed E-state index contributed by atoms with van der Waals surface area (Å²) in [6.07, 6.45) is 0.291. The van der Waals surface area contributed by atoms with Crippen molar-refractivity contribution in [2.75, 3.05) is 0 Å². The molecule has 4 atom stereocenters. The highest BCUT2D eigenvalue weighted by Crippen LogP contribution is 2.40. The minimum Gasteiger partial charge on any atom is -0.391 e. The summed E-state index contributed by atoms with van der Waals surface area (Å²) in [5, 5.41) is 25.9. The normalized spacial score (nSPS) is 38.6. The van der Waals surface area contributed by atoms with Crippen molar-refractivity contribution >= 4 is 8.80 Å². The minimum atomic E-state index is -2.18. The van der Waals surface area contributed by atoms with E-state index in [1.165, 1.54) is 20.3 Å². The summed E-state index contributed by atoms with van der Waals surface area (Å²) in [4.78, 5) is 0. The van der Waals surface area contributed by atoms with E-state index < -0.39 is 27.1 Å². The Kier molecular flexibility index (Phi) is 7.25. The Morgan fingerprint density at radius 3 is 1.71 bits per heavy atom. The monoisotopic (exact) mass is 322 g/mol. The molecule has 2 heterocycles. The fourth-order valence-corrected chi connectivity index (χ4v) is 6.04. The van der Waals surface area contributed by atoms with Crippen LogP contribution in [0.5, 0.6) is 0 Å². The molecule has 0 aliphatic carbocycles. The van der Waals surface area contributed by atoms with Crippen LogP contribution < -0.4 is 0 Å². The molecule has 2 aliphatic rings. The highest BCUT2D eigenvalue weighted by atomic mass is 28.4. The molecule has 21 heavy (non-hydrogen) atoms. The van der Waals surface area contributed by atoms with Crippen LogP contribution in [0.15, 0.2) is 0 Å². The Hall–Kier alpha value is -0.0231. The summed E-state index contributed by atoms with van der Waals surface area (Å²) in [5.74, 6) is 0. The van der Waals surface area contributed by atoms with Crippen LogP contribution in [0.4, 0.5) is 0 Å². The molecule has 2 fully saturated rings. The lowest BCUT2D eigenvalue weighted by molar-refractivity contribution is -0.0438. The van der Waals surface area contributed by atoms with Gasteiger partial charge < -0.3 is 28.6 Å². The van der Waals surface area contributed by atoms with E-state index in [4.69, 9.17) is 28.6 Å². The average Bonchev–Trinajstić information content (AvgIpc) is 2.89. The standard InChI is InChI=1S/C9H18O3Si.C5H12O3/c1-4-5-6-13-10-7(2)9(12-13)8(3)11-13;1-3(6)5(8)4(2)7/h7-9H,4-6H2,1-3H3;3-8H,1-2H3. The summed E-state index contributed by atoms with van der Waals surface area (Å²) in [6, 6.07) is 0.995. The Morgan fingerprint density at radius 1 is 0.952 bits per heavy atom. The third kappa shape index (κ3) is 4.99. The molecule has 0 aromatic rings. The first-order chi connectivity index (χ1) is 9.72. The number of aliphatic hydroxyl groups is 3. The van der Waals surface area contributed by atoms with Gasteiger partial charge in [0, 0.05) is 6.04 Å². The summed E-state index contributed by atoms with van der Waals surface area (Å²) < 4.78 is 17.5. The van der Waals surface area contributed by atoms with E-state index in [1.807, 2.05) is 0 Å². The van der Waals surface area contributed by atoms with Crippen LogP contribution in [0.2, 0.25) is 6.04 Å². The summed E-state index contributed by atoms with van der Waals surface area (Å²) in [5.41, 5.74) is 0. The highest BCUT2D eigenvalue weighted by Gasteiger charge is 2.60. The number of fused-ring (bicyclic) bond motifs is 2. The SMILES string of the molecule is CC(O)C(O)C(C)O.CCCC[Si]12OC(C)C(O1)C(C)O2. The van der Waals surface area contributed by atoms with E-state index >= 15 is 0 Å². The largest absolute Gasteiger partial charge is 0.502 e. The number of unbranched alkanes of at least 4 members (excludes halogenated alkanes) is 1. The lowest BCUT2D eigenvalue weighted by Crippen LogP contribution is -2.43. The van der Waals surface area contributed by atoms with Crippen LogP contribution >= 0.6 is 0 Å². The Balaban J connectivity index is 0.000000240. The molecule has 7 heteroatoms. The number of rotatable bonds is 5. The Morgan fingerprint density at radius 2 is 1.43 bits per heavy atom. The topological polar surface area (TPSA) is 88.4 Å². The van der Waals surface area contributed by atoms with Gasteiger partial charge in [-0.2, -0.15) is 0 Å². The summed E-state index contributed by atoms with van der Waals surface area (Å²) in [6.45, 7) is 9.21. The van der Waals surface area contributed by atoms with Crippen molar-refractivity contribution in [3.8, 4) is 0 Å². The Labute approximate surface area is 128 Å². The van der Waals surface area contributed by atoms with Crippen LogP contribution in [0.3, 0.4) is 0 Å². The van der Waals surface area contributed by atoms with Crippen LogP contribution in [-0.2, 0) is 13.3 Å². The predicted molar refractivity (Wildman–Crippen MR) is 80.8 cm³/mol. The van der Waals surface area contributed by atoms with Crippen molar-refractivity contribution in [1.82, 2.24) is 0 Å². The molecule has 0 spiro atoms. The van der Waals surface area contributed by atoms with Gasteiger partial charge in [0.05, 0.1) is 30.5 Å². The van der Waals surface area contributed by atoms with Gasteiger partial charge in [-0.25, -0.2) is 0 Å². The van der Waals surface area contributed by atoms with Crippen LogP contribution in [-0.4, -0.2) is 60.7 Å². The summed E-state index contributed by atoms with van der Waals surface area (Å²) in [7, 11) is -2.18. The van der Waals surface area contributed by atoms with Gasteiger partial charge in [0.2, 0.25) is 0 Å². The number of hydrogen-bond acceptors (Lipinski definition) is 6. The molecule has 2 rings (SSSR count). The van der Waals surface area contributed by atoms with Crippen molar-refractivity contribution < 1.29 is 28.6 Å². The third-order valence-electron chi connectivity index (χ3n) is 3.80. The van der Waals surface area contributed by atoms with Gasteiger partial charge in [-0.15, -0.1) is 0 Å². The fourth-order valence-electron chi connectivity index (χ4n) is 2.54. The van der Waals surface area contributed by atoms with E-state index in [2.05, 4.69) is 20.8 Å². The van der Waals surface area contributed by atoms with Crippen molar-refractivity contribution in [3.05, 3.63) is 0 Å². The average molecular weight is 322 g/mol. The van der Waals surface area contributed by atoms with E-state index in [9.17, 15) is 0 Å². The molecule has 2 bridgehead atoms. The molecule has 2 aliphatic heterocycles. The zero-order chi connectivity index (χ0) is 16.2. The first kappa shape index (κ1) is 19.0. The van der Waals surface area contributed by atoms with Crippen LogP contribution in [0, 0.1) is 0 Å². The molecular weight excluding hydrogens is 292 g/mol. The second kappa shape index (κ2) is 8.01. The molecule has 0 amide bonds. The van der Waals surface area contributed by atoms with Gasteiger partial charge in [0.1, 0.15) is 6.10 Å². The van der Waals surface area contributed by atoms with E-state index in [-0.39, 0.29) is 18.3 Å². The molecule has 6 nitrogen and oxygen atoms in total. The Bertz CT molecular complexity index is 292. The van der Waals surface area contributed by atoms with Crippen molar-refractivity contribution in [2.24, 2.45) is 0 Å². The van der Waals surface area contributed by atoms with Crippen molar-refractivity contribution in [2.45, 2.75) is 90.1 Å². The molecule has 0 aromatic carbocycles. The maximum Gasteiger partial charge on any atom is 0.502 e. The smallest absolute Gasteiger partial charge is 0.391 e. The molecule has 126 valence electrons. The first-order valence-corrected chi connectivity index (χ1v) is 9.73. The molecular formula is C14H30O6Si. The lowest BCUT2D eigenvalue weighted by Gasteiger charge is -2.26. The molecule has 0 aromatic heterocycles. The van der Waals surface area contributed by atoms with Gasteiger partial charge in [-0.1, -0.05) is 13.3 Å². The summed E-state index contributed by atoms with van der Waals surface area (Å²) >= 11 is 0. The molecule has 0 saturated carbocycles. The third-order valence-corrected chi connectivity index (χ3v) is 6.86. The van der Waals surface area contributed by atoms with E-state index in [0.717, 1.165) is 12.5 Å². The maximum absolute atomic E-state index is 8.70. The van der Waals surface area contributed by atoms with Crippen molar-refractivity contribution in [3.63, 3.8) is 0 Å². The van der Waals surface area contributed by atoms with E-state index in [1.54, 1.807) is 0 Å². The second-order valence-electron chi connectivity index (χ2n) is 5.99. The van der Waals surface area contributed by atoms with Gasteiger partial charge in [-0.3, -0.25) is 0 Å². The van der Waals surface area contributed by atoms with Gasteiger partial charge >= 0.3 is 8.80 Å². The first-order valence-electron chi connectivity index (χ1n) is 7.80. The number of aliphatic hydroxyl groups excluding tert-OH is 3. The van der Waals surface area contributed by atoms with Gasteiger partial charge in [0.15, 0.2) is 0 Å². The van der Waals surface area contributed by atoms with Gasteiger partial charge in [-0.05, 0) is 34.1 Å².